The van der Waals surface area contributed by atoms with Gasteiger partial charge in [-0.25, -0.2) is 0 Å². The van der Waals surface area contributed by atoms with Crippen LogP contribution in [0.4, 0.5) is 5.69 Å². The maximum atomic E-state index is 5.21. The lowest BCUT2D eigenvalue weighted by atomic mass is 10.3. The number of aromatic nitrogens is 1. The number of rotatable bonds is 4. The minimum absolute atomic E-state index is 0.860. The Balaban J connectivity index is 1.85. The van der Waals surface area contributed by atoms with Crippen molar-refractivity contribution in [2.24, 2.45) is 4.99 Å². The van der Waals surface area contributed by atoms with Crippen molar-refractivity contribution in [2.75, 3.05) is 7.11 Å². The summed E-state index contributed by atoms with van der Waals surface area (Å²) in [7, 11) is 1.68. The number of ether oxygens (including phenoxy) is 1. The zero-order valence-electron chi connectivity index (χ0n) is 13.0. The molecule has 3 nitrogen and oxygen atoms in total. The molecule has 0 aliphatic carbocycles. The van der Waals surface area contributed by atoms with Crippen molar-refractivity contribution in [3.05, 3.63) is 75.6 Å². The van der Waals surface area contributed by atoms with Gasteiger partial charge in [0.25, 0.3) is 0 Å². The third kappa shape index (κ3) is 3.82. The van der Waals surface area contributed by atoms with Crippen molar-refractivity contribution in [2.45, 2.75) is 6.92 Å². The van der Waals surface area contributed by atoms with Crippen LogP contribution in [0.15, 0.2) is 65.8 Å². The smallest absolute Gasteiger partial charge is 0.119 e. The Labute approximate surface area is 149 Å². The van der Waals surface area contributed by atoms with Crippen LogP contribution in [0.25, 0.3) is 5.69 Å². The molecule has 4 heteroatoms. The number of nitrogens with zero attached hydrogens (tertiary/aromatic N) is 2. The zero-order chi connectivity index (χ0) is 16.2. The van der Waals surface area contributed by atoms with Crippen LogP contribution in [0.5, 0.6) is 5.75 Å². The quantitative estimate of drug-likeness (QED) is 0.427. The van der Waals surface area contributed by atoms with Crippen molar-refractivity contribution in [3.63, 3.8) is 0 Å². The van der Waals surface area contributed by atoms with Gasteiger partial charge in [-0.05, 0) is 78.0 Å². The number of methoxy groups -OCH3 is 1. The van der Waals surface area contributed by atoms with Crippen molar-refractivity contribution >= 4 is 34.5 Å². The van der Waals surface area contributed by atoms with Crippen LogP contribution in [-0.4, -0.2) is 17.9 Å². The molecule has 0 spiro atoms. The lowest BCUT2D eigenvalue weighted by molar-refractivity contribution is 0.414. The molecule has 3 rings (SSSR count). The number of halogens is 1. The van der Waals surface area contributed by atoms with Crippen LogP contribution in [0, 0.1) is 10.5 Å². The van der Waals surface area contributed by atoms with Crippen LogP contribution in [0.3, 0.4) is 0 Å². The Morgan fingerprint density at radius 3 is 2.57 bits per heavy atom. The van der Waals surface area contributed by atoms with E-state index in [1.807, 2.05) is 42.6 Å². The Hall–Kier alpha value is -2.08. The van der Waals surface area contributed by atoms with Crippen LogP contribution in [0.1, 0.15) is 11.3 Å². The molecule has 116 valence electrons. The van der Waals surface area contributed by atoms with Gasteiger partial charge in [0.05, 0.1) is 12.8 Å². The SMILES string of the molecule is COc1ccc(-n2cc(C=Nc3cccc(I)c3)cc2C)cc1. The molecule has 0 bridgehead atoms. The highest BCUT2D eigenvalue weighted by Crippen LogP contribution is 2.19. The number of hydrogen-bond acceptors (Lipinski definition) is 2. The maximum Gasteiger partial charge on any atom is 0.119 e. The Morgan fingerprint density at radius 2 is 1.87 bits per heavy atom. The summed E-state index contributed by atoms with van der Waals surface area (Å²) >= 11 is 2.29. The average molecular weight is 416 g/mol. The van der Waals surface area contributed by atoms with E-state index in [1.54, 1.807) is 7.11 Å². The van der Waals surface area contributed by atoms with E-state index in [1.165, 1.54) is 9.26 Å². The first-order chi connectivity index (χ1) is 11.2. The summed E-state index contributed by atoms with van der Waals surface area (Å²) in [5.41, 5.74) is 4.32. The Morgan fingerprint density at radius 1 is 1.09 bits per heavy atom. The predicted octanol–water partition coefficient (Wildman–Crippen LogP) is 5.15. The first kappa shape index (κ1) is 15.8. The summed E-state index contributed by atoms with van der Waals surface area (Å²) in [4.78, 5) is 4.55. The van der Waals surface area contributed by atoms with Crippen molar-refractivity contribution in [3.8, 4) is 11.4 Å². The third-order valence-electron chi connectivity index (χ3n) is 3.56. The van der Waals surface area contributed by atoms with Gasteiger partial charge in [-0.2, -0.15) is 0 Å². The molecular weight excluding hydrogens is 399 g/mol. The van der Waals surface area contributed by atoms with Gasteiger partial charge in [0.15, 0.2) is 0 Å². The molecule has 3 aromatic rings. The van der Waals surface area contributed by atoms with Gasteiger partial charge in [-0.1, -0.05) is 6.07 Å². The van der Waals surface area contributed by atoms with Crippen LogP contribution < -0.4 is 4.74 Å². The van der Waals surface area contributed by atoms with E-state index >= 15 is 0 Å². The topological polar surface area (TPSA) is 26.5 Å². The minimum Gasteiger partial charge on any atom is -0.497 e. The summed E-state index contributed by atoms with van der Waals surface area (Å²) in [5, 5.41) is 0. The number of aliphatic imine (C=N–C) groups is 1. The summed E-state index contributed by atoms with van der Waals surface area (Å²) in [5.74, 6) is 0.860. The zero-order valence-corrected chi connectivity index (χ0v) is 15.2. The molecule has 1 aromatic heterocycles. The Kier molecular flexibility index (Phi) is 4.81. The highest BCUT2D eigenvalue weighted by molar-refractivity contribution is 14.1. The number of benzene rings is 2. The van der Waals surface area contributed by atoms with Gasteiger partial charge in [-0.15, -0.1) is 0 Å². The van der Waals surface area contributed by atoms with E-state index in [2.05, 4.69) is 63.5 Å². The maximum absolute atomic E-state index is 5.21. The van der Waals surface area contributed by atoms with E-state index in [4.69, 9.17) is 4.74 Å². The van der Waals surface area contributed by atoms with Gasteiger partial charge >= 0.3 is 0 Å². The van der Waals surface area contributed by atoms with Gasteiger partial charge in [0, 0.05) is 32.9 Å². The average Bonchev–Trinajstić information content (AvgIpc) is 2.94. The Bertz CT molecular complexity index is 835. The third-order valence-corrected chi connectivity index (χ3v) is 4.23. The standard InChI is InChI=1S/C19H17IN2O/c1-14-10-15(12-21-17-5-3-4-16(20)11-17)13-22(14)18-6-8-19(23-2)9-7-18/h3-13H,1-2H3. The van der Waals surface area contributed by atoms with E-state index < -0.39 is 0 Å². The summed E-state index contributed by atoms with van der Waals surface area (Å²) in [6.07, 6.45) is 3.99. The van der Waals surface area contributed by atoms with Crippen molar-refractivity contribution in [1.82, 2.24) is 4.57 Å². The second kappa shape index (κ2) is 7.00. The molecule has 1 heterocycles. The molecule has 0 amide bonds. The van der Waals surface area contributed by atoms with Crippen molar-refractivity contribution in [1.29, 1.82) is 0 Å². The van der Waals surface area contributed by atoms with E-state index in [-0.39, 0.29) is 0 Å². The molecule has 0 unspecified atom stereocenters. The molecule has 0 fully saturated rings. The summed E-state index contributed by atoms with van der Waals surface area (Å²) in [6.45, 7) is 2.09. The van der Waals surface area contributed by atoms with E-state index in [0.29, 0.717) is 0 Å². The predicted molar refractivity (Wildman–Crippen MR) is 103 cm³/mol. The molecule has 0 aliphatic heterocycles. The van der Waals surface area contributed by atoms with Crippen LogP contribution in [-0.2, 0) is 0 Å². The second-order valence-corrected chi connectivity index (χ2v) is 6.47. The lowest BCUT2D eigenvalue weighted by Gasteiger charge is -2.06. The molecule has 0 saturated carbocycles. The normalized spacial score (nSPS) is 11.1. The fourth-order valence-electron chi connectivity index (χ4n) is 2.40. The highest BCUT2D eigenvalue weighted by Gasteiger charge is 2.03. The molecule has 0 saturated heterocycles. The first-order valence-corrected chi connectivity index (χ1v) is 8.36. The fourth-order valence-corrected chi connectivity index (χ4v) is 2.92. The molecular formula is C19H17IN2O. The molecule has 0 atom stereocenters. The summed E-state index contributed by atoms with van der Waals surface area (Å²) in [6, 6.07) is 18.3. The summed E-state index contributed by atoms with van der Waals surface area (Å²) < 4.78 is 8.54. The van der Waals surface area contributed by atoms with Crippen LogP contribution >= 0.6 is 22.6 Å². The molecule has 0 radical (unpaired) electrons. The van der Waals surface area contributed by atoms with Crippen molar-refractivity contribution < 1.29 is 4.74 Å². The lowest BCUT2D eigenvalue weighted by Crippen LogP contribution is -1.94. The van der Waals surface area contributed by atoms with Gasteiger partial charge in [-0.3, -0.25) is 4.99 Å². The number of aryl methyl sites for hydroxylation is 1. The molecule has 2 aromatic carbocycles. The highest BCUT2D eigenvalue weighted by atomic mass is 127. The van der Waals surface area contributed by atoms with E-state index in [9.17, 15) is 0 Å². The molecule has 0 N–H and O–H groups in total. The van der Waals surface area contributed by atoms with Gasteiger partial charge in [0.1, 0.15) is 5.75 Å². The number of hydrogen-bond donors (Lipinski definition) is 0. The van der Waals surface area contributed by atoms with Gasteiger partial charge in [0.2, 0.25) is 0 Å². The first-order valence-electron chi connectivity index (χ1n) is 7.29. The largest absolute Gasteiger partial charge is 0.497 e. The molecule has 23 heavy (non-hydrogen) atoms. The fraction of sp³-hybridized carbons (Fsp3) is 0.105. The second-order valence-electron chi connectivity index (χ2n) is 5.22. The van der Waals surface area contributed by atoms with Crippen LogP contribution in [0.2, 0.25) is 0 Å². The minimum atomic E-state index is 0.860. The van der Waals surface area contributed by atoms with Gasteiger partial charge < -0.3 is 9.30 Å². The van der Waals surface area contributed by atoms with E-state index in [0.717, 1.165) is 22.7 Å². The molecule has 0 aliphatic rings. The monoisotopic (exact) mass is 416 g/mol.